The topological polar surface area (TPSA) is 15.7 Å². The van der Waals surface area contributed by atoms with Crippen molar-refractivity contribution in [3.8, 4) is 22.6 Å². The van der Waals surface area contributed by atoms with Gasteiger partial charge in [-0.1, -0.05) is 48.5 Å². The molecule has 1 saturated heterocycles. The maximum atomic E-state index is 14.5. The Kier molecular flexibility index (Phi) is 5.93. The first-order chi connectivity index (χ1) is 14.1. The first-order valence-electron chi connectivity index (χ1n) is 10.1. The van der Waals surface area contributed by atoms with Crippen LogP contribution in [-0.4, -0.2) is 43.0 Å². The minimum absolute atomic E-state index is 0.237. The van der Waals surface area contributed by atoms with Crippen LogP contribution in [0.5, 0.6) is 11.5 Å². The minimum Gasteiger partial charge on any atom is -0.454 e. The van der Waals surface area contributed by atoms with Gasteiger partial charge in [0.25, 0.3) is 0 Å². The molecule has 150 valence electrons. The molecule has 0 bridgehead atoms. The number of hydrogen-bond donors (Lipinski definition) is 0. The van der Waals surface area contributed by atoms with E-state index in [4.69, 9.17) is 4.74 Å². The van der Waals surface area contributed by atoms with Crippen LogP contribution in [0.1, 0.15) is 12.0 Å². The van der Waals surface area contributed by atoms with Gasteiger partial charge in [0.15, 0.2) is 11.6 Å². The number of para-hydroxylation sites is 1. The van der Waals surface area contributed by atoms with Crippen LogP contribution in [0.2, 0.25) is 0 Å². The fourth-order valence-electron chi connectivity index (χ4n) is 3.82. The lowest BCUT2D eigenvalue weighted by molar-refractivity contribution is 0.264. The molecule has 4 heteroatoms. The summed E-state index contributed by atoms with van der Waals surface area (Å²) < 4.78 is 20.2. The third-order valence-corrected chi connectivity index (χ3v) is 5.57. The summed E-state index contributed by atoms with van der Waals surface area (Å²) in [6.45, 7) is 3.21. The lowest BCUT2D eigenvalue weighted by Gasteiger charge is -2.20. The van der Waals surface area contributed by atoms with Crippen LogP contribution in [0.25, 0.3) is 11.1 Å². The Hall–Kier alpha value is -2.69. The maximum absolute atomic E-state index is 14.5. The zero-order valence-corrected chi connectivity index (χ0v) is 17.0. The first kappa shape index (κ1) is 19.6. The molecule has 0 aromatic heterocycles. The molecule has 1 fully saturated rings. The number of halogens is 1. The van der Waals surface area contributed by atoms with E-state index >= 15 is 0 Å². The van der Waals surface area contributed by atoms with Crippen molar-refractivity contribution in [3.63, 3.8) is 0 Å². The van der Waals surface area contributed by atoms with Crippen LogP contribution in [0.15, 0.2) is 72.8 Å². The number of benzene rings is 3. The lowest BCUT2D eigenvalue weighted by Crippen LogP contribution is -2.31. The summed E-state index contributed by atoms with van der Waals surface area (Å²) >= 11 is 0. The molecule has 0 N–H and O–H groups in total. The molecule has 1 atom stereocenters. The number of rotatable bonds is 6. The van der Waals surface area contributed by atoms with E-state index in [0.29, 0.717) is 11.8 Å². The van der Waals surface area contributed by atoms with E-state index in [2.05, 4.69) is 48.2 Å². The second-order valence-electron chi connectivity index (χ2n) is 7.90. The van der Waals surface area contributed by atoms with Gasteiger partial charge < -0.3 is 9.64 Å². The Morgan fingerprint density at radius 1 is 0.966 bits per heavy atom. The van der Waals surface area contributed by atoms with E-state index in [0.717, 1.165) is 30.8 Å². The standard InChI is InChI=1S/C25H27FN2O/c1-27(2)22-14-15-28(18-22)17-19-8-10-20(11-9-19)21-12-13-25(24(26)16-21)29-23-6-4-3-5-7-23/h3-13,16,22H,14-15,17-18H2,1-2H3. The Bertz CT molecular complexity index is 941. The van der Waals surface area contributed by atoms with Gasteiger partial charge in [-0.3, -0.25) is 4.90 Å². The smallest absolute Gasteiger partial charge is 0.166 e. The summed E-state index contributed by atoms with van der Waals surface area (Å²) in [6.07, 6.45) is 1.22. The molecule has 1 heterocycles. The third kappa shape index (κ3) is 4.84. The minimum atomic E-state index is -0.359. The second-order valence-corrected chi connectivity index (χ2v) is 7.90. The van der Waals surface area contributed by atoms with Gasteiger partial charge in [0.05, 0.1) is 0 Å². The van der Waals surface area contributed by atoms with E-state index in [1.165, 1.54) is 18.1 Å². The van der Waals surface area contributed by atoms with Crippen molar-refractivity contribution >= 4 is 0 Å². The SMILES string of the molecule is CN(C)C1CCN(Cc2ccc(-c3ccc(Oc4ccccc4)c(F)c3)cc2)C1. The molecule has 3 aromatic rings. The van der Waals surface area contributed by atoms with Gasteiger partial charge in [0, 0.05) is 25.7 Å². The molecule has 4 rings (SSSR count). The highest BCUT2D eigenvalue weighted by atomic mass is 19.1. The Balaban J connectivity index is 1.42. The van der Waals surface area contributed by atoms with E-state index in [1.54, 1.807) is 6.07 Å². The fourth-order valence-corrected chi connectivity index (χ4v) is 3.82. The van der Waals surface area contributed by atoms with Gasteiger partial charge >= 0.3 is 0 Å². The molecule has 1 aliphatic rings. The van der Waals surface area contributed by atoms with Crippen molar-refractivity contribution in [2.24, 2.45) is 0 Å². The highest BCUT2D eigenvalue weighted by Gasteiger charge is 2.23. The normalized spacial score (nSPS) is 17.0. The number of likely N-dealkylation sites (tertiary alicyclic amines) is 1. The van der Waals surface area contributed by atoms with Crippen molar-refractivity contribution < 1.29 is 9.13 Å². The molecular formula is C25H27FN2O. The Labute approximate surface area is 172 Å². The Morgan fingerprint density at radius 2 is 1.69 bits per heavy atom. The second kappa shape index (κ2) is 8.76. The first-order valence-corrected chi connectivity index (χ1v) is 10.1. The molecule has 0 saturated carbocycles. The van der Waals surface area contributed by atoms with Crippen LogP contribution >= 0.6 is 0 Å². The maximum Gasteiger partial charge on any atom is 0.166 e. The Morgan fingerprint density at radius 3 is 2.34 bits per heavy atom. The van der Waals surface area contributed by atoms with Crippen molar-refractivity contribution in [2.45, 2.75) is 19.0 Å². The van der Waals surface area contributed by atoms with E-state index in [-0.39, 0.29) is 11.6 Å². The number of likely N-dealkylation sites (N-methyl/N-ethyl adjacent to an activating group) is 1. The quantitative estimate of drug-likeness (QED) is 0.559. The van der Waals surface area contributed by atoms with Gasteiger partial charge in [0.1, 0.15) is 5.75 Å². The predicted octanol–water partition coefficient (Wildman–Crippen LogP) is 5.42. The fraction of sp³-hybridized carbons (Fsp3) is 0.280. The van der Waals surface area contributed by atoms with Crippen LogP contribution in [0.4, 0.5) is 4.39 Å². The average Bonchev–Trinajstić information content (AvgIpc) is 3.20. The van der Waals surface area contributed by atoms with Crippen LogP contribution in [-0.2, 0) is 6.54 Å². The largest absolute Gasteiger partial charge is 0.454 e. The van der Waals surface area contributed by atoms with Gasteiger partial charge in [-0.25, -0.2) is 4.39 Å². The van der Waals surface area contributed by atoms with Crippen LogP contribution in [0, 0.1) is 5.82 Å². The summed E-state index contributed by atoms with van der Waals surface area (Å²) in [5, 5.41) is 0. The molecule has 1 aliphatic heterocycles. The van der Waals surface area contributed by atoms with Gasteiger partial charge in [-0.2, -0.15) is 0 Å². The zero-order valence-electron chi connectivity index (χ0n) is 17.0. The highest BCUT2D eigenvalue weighted by Crippen LogP contribution is 2.29. The molecule has 0 radical (unpaired) electrons. The molecule has 3 nitrogen and oxygen atoms in total. The number of ether oxygens (including phenoxy) is 1. The van der Waals surface area contributed by atoms with Crippen LogP contribution < -0.4 is 4.74 Å². The van der Waals surface area contributed by atoms with Crippen molar-refractivity contribution in [1.82, 2.24) is 9.80 Å². The van der Waals surface area contributed by atoms with E-state index in [9.17, 15) is 4.39 Å². The summed E-state index contributed by atoms with van der Waals surface area (Å²) in [7, 11) is 4.30. The summed E-state index contributed by atoms with van der Waals surface area (Å²) in [6, 6.07) is 23.5. The average molecular weight is 391 g/mol. The van der Waals surface area contributed by atoms with Crippen molar-refractivity contribution in [2.75, 3.05) is 27.2 Å². The summed E-state index contributed by atoms with van der Waals surface area (Å²) in [4.78, 5) is 4.80. The van der Waals surface area contributed by atoms with E-state index < -0.39 is 0 Å². The van der Waals surface area contributed by atoms with Crippen molar-refractivity contribution in [1.29, 1.82) is 0 Å². The molecule has 0 aliphatic carbocycles. The lowest BCUT2D eigenvalue weighted by atomic mass is 10.0. The van der Waals surface area contributed by atoms with Gasteiger partial charge in [0.2, 0.25) is 0 Å². The van der Waals surface area contributed by atoms with E-state index in [1.807, 2.05) is 36.4 Å². The zero-order chi connectivity index (χ0) is 20.2. The summed E-state index contributed by atoms with van der Waals surface area (Å²) in [5.41, 5.74) is 3.15. The third-order valence-electron chi connectivity index (χ3n) is 5.57. The molecule has 3 aromatic carbocycles. The molecular weight excluding hydrogens is 363 g/mol. The van der Waals surface area contributed by atoms with Crippen LogP contribution in [0.3, 0.4) is 0 Å². The number of nitrogens with zero attached hydrogens (tertiary/aromatic N) is 2. The molecule has 0 spiro atoms. The number of hydrogen-bond acceptors (Lipinski definition) is 3. The molecule has 0 amide bonds. The summed E-state index contributed by atoms with van der Waals surface area (Å²) in [5.74, 6) is 0.505. The predicted molar refractivity (Wildman–Crippen MR) is 116 cm³/mol. The van der Waals surface area contributed by atoms with Gasteiger partial charge in [-0.15, -0.1) is 0 Å². The van der Waals surface area contributed by atoms with Gasteiger partial charge in [-0.05, 0) is 61.5 Å². The highest BCUT2D eigenvalue weighted by molar-refractivity contribution is 5.64. The van der Waals surface area contributed by atoms with Crippen molar-refractivity contribution in [3.05, 3.63) is 84.2 Å². The monoisotopic (exact) mass is 390 g/mol. The molecule has 1 unspecified atom stereocenters. The molecule has 29 heavy (non-hydrogen) atoms.